The molecule has 0 amide bonds. The smallest absolute Gasteiger partial charge is 0.165 e. The van der Waals surface area contributed by atoms with E-state index >= 15 is 0 Å². The van der Waals surface area contributed by atoms with Crippen LogP contribution in [0.1, 0.15) is 46.1 Å². The quantitative estimate of drug-likeness (QED) is 0.729. The van der Waals surface area contributed by atoms with Crippen molar-refractivity contribution in [3.8, 4) is 11.5 Å². The van der Waals surface area contributed by atoms with Gasteiger partial charge in [0, 0.05) is 18.7 Å². The first-order valence-electron chi connectivity index (χ1n) is 7.47. The van der Waals surface area contributed by atoms with E-state index in [0.717, 1.165) is 49.6 Å². The molecule has 3 nitrogen and oxygen atoms in total. The van der Waals surface area contributed by atoms with Crippen molar-refractivity contribution in [3.05, 3.63) is 23.8 Å². The fourth-order valence-corrected chi connectivity index (χ4v) is 1.92. The van der Waals surface area contributed by atoms with Gasteiger partial charge in [-0.05, 0) is 17.9 Å². The number of nitrogens with one attached hydrogen (secondary N) is 1. The lowest BCUT2D eigenvalue weighted by Gasteiger charge is -2.20. The largest absolute Gasteiger partial charge is 0.493 e. The van der Waals surface area contributed by atoms with Gasteiger partial charge in [0.15, 0.2) is 11.5 Å². The van der Waals surface area contributed by atoms with Gasteiger partial charge in [-0.25, -0.2) is 0 Å². The maximum Gasteiger partial charge on any atom is 0.165 e. The molecule has 0 saturated heterocycles. The summed E-state index contributed by atoms with van der Waals surface area (Å²) in [5.74, 6) is 1.70. The number of hydrogen-bond acceptors (Lipinski definition) is 3. The monoisotopic (exact) mass is 279 g/mol. The van der Waals surface area contributed by atoms with Crippen LogP contribution in [0.3, 0.4) is 0 Å². The summed E-state index contributed by atoms with van der Waals surface area (Å²) in [6.07, 6.45) is 2.19. The van der Waals surface area contributed by atoms with Crippen LogP contribution in [0.5, 0.6) is 11.5 Å². The number of hydrogen-bond donors (Lipinski definition) is 1. The van der Waals surface area contributed by atoms with Crippen molar-refractivity contribution >= 4 is 0 Å². The molecule has 20 heavy (non-hydrogen) atoms. The van der Waals surface area contributed by atoms with Gasteiger partial charge < -0.3 is 14.8 Å². The van der Waals surface area contributed by atoms with Crippen LogP contribution < -0.4 is 14.8 Å². The highest BCUT2D eigenvalue weighted by atomic mass is 16.5. The van der Waals surface area contributed by atoms with Crippen molar-refractivity contribution in [1.29, 1.82) is 0 Å². The minimum Gasteiger partial charge on any atom is -0.493 e. The van der Waals surface area contributed by atoms with Crippen LogP contribution in [-0.2, 0) is 6.54 Å². The summed E-state index contributed by atoms with van der Waals surface area (Å²) in [6, 6.07) is 6.06. The first kappa shape index (κ1) is 16.8. The lowest BCUT2D eigenvalue weighted by Crippen LogP contribution is -2.26. The third-order valence-electron chi connectivity index (χ3n) is 3.00. The summed E-state index contributed by atoms with van der Waals surface area (Å²) in [4.78, 5) is 0. The second-order valence-electron chi connectivity index (χ2n) is 6.31. The van der Waals surface area contributed by atoms with Gasteiger partial charge in [-0.2, -0.15) is 0 Å². The average Bonchev–Trinajstić information content (AvgIpc) is 2.38. The van der Waals surface area contributed by atoms with Crippen LogP contribution in [0.25, 0.3) is 0 Å². The Balaban J connectivity index is 2.72. The molecular weight excluding hydrogens is 250 g/mol. The van der Waals surface area contributed by atoms with Crippen molar-refractivity contribution in [2.45, 2.75) is 47.1 Å². The van der Waals surface area contributed by atoms with Crippen molar-refractivity contribution in [2.24, 2.45) is 5.41 Å². The summed E-state index contributed by atoms with van der Waals surface area (Å²) < 4.78 is 11.3. The summed E-state index contributed by atoms with van der Waals surface area (Å²) in [5.41, 5.74) is 1.44. The fraction of sp³-hybridized carbons (Fsp3) is 0.647. The number of methoxy groups -OCH3 is 1. The van der Waals surface area contributed by atoms with E-state index in [1.807, 2.05) is 12.1 Å². The first-order valence-corrected chi connectivity index (χ1v) is 7.47. The topological polar surface area (TPSA) is 30.5 Å². The minimum atomic E-state index is 0.280. The molecule has 114 valence electrons. The van der Waals surface area contributed by atoms with Gasteiger partial charge >= 0.3 is 0 Å². The van der Waals surface area contributed by atoms with Gasteiger partial charge in [0.05, 0.1) is 13.7 Å². The summed E-state index contributed by atoms with van der Waals surface area (Å²) in [5, 5.41) is 3.49. The predicted molar refractivity (Wildman–Crippen MR) is 84.6 cm³/mol. The van der Waals surface area contributed by atoms with E-state index in [1.165, 1.54) is 0 Å². The van der Waals surface area contributed by atoms with E-state index in [-0.39, 0.29) is 5.41 Å². The number of unbranched alkanes of at least 4 members (excludes halogenated alkanes) is 1. The van der Waals surface area contributed by atoms with Crippen LogP contribution in [0.4, 0.5) is 0 Å². The standard InChI is InChI=1S/C17H29NO2/c1-6-7-11-20-16-14(9-8-10-15(16)19-5)12-18-13-17(2,3)4/h8-10,18H,6-7,11-13H2,1-5H3. The number of ether oxygens (including phenoxy) is 2. The third kappa shape index (κ3) is 5.83. The van der Waals surface area contributed by atoms with Crippen LogP contribution in [0.15, 0.2) is 18.2 Å². The number of para-hydroxylation sites is 1. The van der Waals surface area contributed by atoms with E-state index < -0.39 is 0 Å². The SMILES string of the molecule is CCCCOc1c(CNCC(C)(C)C)cccc1OC. The number of rotatable bonds is 8. The van der Waals surface area contributed by atoms with Crippen LogP contribution in [-0.4, -0.2) is 20.3 Å². The molecule has 0 aliphatic heterocycles. The molecule has 0 radical (unpaired) electrons. The Morgan fingerprint density at radius 2 is 1.95 bits per heavy atom. The highest BCUT2D eigenvalue weighted by Crippen LogP contribution is 2.31. The molecule has 0 fully saturated rings. The maximum absolute atomic E-state index is 5.92. The molecule has 0 saturated carbocycles. The molecule has 3 heteroatoms. The summed E-state index contributed by atoms with van der Waals surface area (Å²) in [6.45, 7) is 11.4. The maximum atomic E-state index is 5.92. The number of benzene rings is 1. The predicted octanol–water partition coefficient (Wildman–Crippen LogP) is 4.01. The summed E-state index contributed by atoms with van der Waals surface area (Å²) in [7, 11) is 1.69. The van der Waals surface area contributed by atoms with Gasteiger partial charge in [-0.15, -0.1) is 0 Å². The molecule has 0 aliphatic carbocycles. The molecular formula is C17H29NO2. The second-order valence-corrected chi connectivity index (χ2v) is 6.31. The van der Waals surface area contributed by atoms with E-state index in [9.17, 15) is 0 Å². The molecule has 0 heterocycles. The molecule has 1 rings (SSSR count). The fourth-order valence-electron chi connectivity index (χ4n) is 1.92. The van der Waals surface area contributed by atoms with Crippen molar-refractivity contribution in [3.63, 3.8) is 0 Å². The van der Waals surface area contributed by atoms with Gasteiger partial charge in [0.1, 0.15) is 0 Å². The molecule has 1 N–H and O–H groups in total. The zero-order chi connectivity index (χ0) is 15.0. The van der Waals surface area contributed by atoms with Gasteiger partial charge in [-0.1, -0.05) is 46.2 Å². The Morgan fingerprint density at radius 1 is 1.20 bits per heavy atom. The van der Waals surface area contributed by atoms with Gasteiger partial charge in [0.25, 0.3) is 0 Å². The molecule has 0 unspecified atom stereocenters. The molecule has 0 aliphatic rings. The third-order valence-corrected chi connectivity index (χ3v) is 3.00. The van der Waals surface area contributed by atoms with Crippen LogP contribution >= 0.6 is 0 Å². The van der Waals surface area contributed by atoms with Crippen LogP contribution in [0, 0.1) is 5.41 Å². The lowest BCUT2D eigenvalue weighted by atomic mass is 9.97. The van der Waals surface area contributed by atoms with Gasteiger partial charge in [-0.3, -0.25) is 0 Å². The molecule has 0 spiro atoms. The average molecular weight is 279 g/mol. The zero-order valence-electron chi connectivity index (χ0n) is 13.6. The zero-order valence-corrected chi connectivity index (χ0v) is 13.6. The highest BCUT2D eigenvalue weighted by molar-refractivity contribution is 5.46. The van der Waals surface area contributed by atoms with E-state index in [2.05, 4.69) is 39.1 Å². The Hall–Kier alpha value is -1.22. The van der Waals surface area contributed by atoms with Gasteiger partial charge in [0.2, 0.25) is 0 Å². The van der Waals surface area contributed by atoms with Crippen molar-refractivity contribution < 1.29 is 9.47 Å². The second kappa shape index (κ2) is 8.15. The van der Waals surface area contributed by atoms with E-state index in [0.29, 0.717) is 0 Å². The molecule has 1 aromatic rings. The minimum absolute atomic E-state index is 0.280. The Bertz CT molecular complexity index is 396. The summed E-state index contributed by atoms with van der Waals surface area (Å²) >= 11 is 0. The molecule has 1 aromatic carbocycles. The first-order chi connectivity index (χ1) is 9.48. The highest BCUT2D eigenvalue weighted by Gasteiger charge is 2.13. The molecule has 0 bridgehead atoms. The van der Waals surface area contributed by atoms with E-state index in [1.54, 1.807) is 7.11 Å². The van der Waals surface area contributed by atoms with Crippen molar-refractivity contribution in [2.75, 3.05) is 20.3 Å². The normalized spacial score (nSPS) is 11.4. The Kier molecular flexibility index (Phi) is 6.86. The van der Waals surface area contributed by atoms with E-state index in [4.69, 9.17) is 9.47 Å². The Labute approximate surface area is 123 Å². The molecule has 0 aromatic heterocycles. The van der Waals surface area contributed by atoms with Crippen molar-refractivity contribution in [1.82, 2.24) is 5.32 Å². The Morgan fingerprint density at radius 3 is 2.55 bits per heavy atom. The molecule has 0 atom stereocenters. The van der Waals surface area contributed by atoms with Crippen LogP contribution in [0.2, 0.25) is 0 Å². The lowest BCUT2D eigenvalue weighted by molar-refractivity contribution is 0.283.